The Morgan fingerprint density at radius 2 is 1.92 bits per heavy atom. The van der Waals surface area contributed by atoms with Gasteiger partial charge in [0.25, 0.3) is 5.91 Å². The van der Waals surface area contributed by atoms with Crippen LogP contribution in [0.4, 0.5) is 4.39 Å². The van der Waals surface area contributed by atoms with E-state index in [2.05, 4.69) is 10.6 Å². The van der Waals surface area contributed by atoms with Gasteiger partial charge in [-0.25, -0.2) is 4.39 Å². The molecule has 2 amide bonds. The summed E-state index contributed by atoms with van der Waals surface area (Å²) >= 11 is 11.7. The van der Waals surface area contributed by atoms with Crippen molar-refractivity contribution in [1.82, 2.24) is 10.6 Å². The van der Waals surface area contributed by atoms with Crippen molar-refractivity contribution in [2.45, 2.75) is 13.0 Å². The fraction of sp³-hybridized carbons (Fsp3) is 0.222. The van der Waals surface area contributed by atoms with E-state index in [4.69, 9.17) is 27.9 Å². The van der Waals surface area contributed by atoms with E-state index >= 15 is 0 Å². The van der Waals surface area contributed by atoms with Gasteiger partial charge in [-0.05, 0) is 37.3 Å². The molecular weight excluding hydrogens is 382 g/mol. The molecule has 0 saturated carbocycles. The Morgan fingerprint density at radius 1 is 1.19 bits per heavy atom. The first-order valence-electron chi connectivity index (χ1n) is 7.76. The van der Waals surface area contributed by atoms with Crippen molar-refractivity contribution in [2.24, 2.45) is 0 Å². The maximum Gasteiger partial charge on any atom is 0.253 e. The summed E-state index contributed by atoms with van der Waals surface area (Å²) in [6.07, 6.45) is 0. The summed E-state index contributed by atoms with van der Waals surface area (Å²) in [4.78, 5) is 23.9. The molecule has 0 radical (unpaired) electrons. The lowest BCUT2D eigenvalue weighted by atomic mass is 10.2. The molecular formula is C18H17Cl2FN2O3. The van der Waals surface area contributed by atoms with Gasteiger partial charge in [-0.15, -0.1) is 0 Å². The minimum atomic E-state index is -0.489. The maximum atomic E-state index is 13.5. The number of halogens is 3. The van der Waals surface area contributed by atoms with Crippen LogP contribution in [0.1, 0.15) is 17.3 Å². The molecule has 0 saturated heterocycles. The van der Waals surface area contributed by atoms with Crippen molar-refractivity contribution in [2.75, 3.05) is 13.2 Å². The van der Waals surface area contributed by atoms with E-state index in [1.807, 2.05) is 0 Å². The third kappa shape index (κ3) is 5.89. The zero-order chi connectivity index (χ0) is 19.1. The van der Waals surface area contributed by atoms with Crippen molar-refractivity contribution in [3.8, 4) is 5.75 Å². The molecule has 2 aromatic rings. The molecule has 1 atom stereocenters. The first-order valence-corrected chi connectivity index (χ1v) is 8.52. The molecule has 5 nitrogen and oxygen atoms in total. The molecule has 0 heterocycles. The van der Waals surface area contributed by atoms with Crippen LogP contribution in [-0.4, -0.2) is 31.0 Å². The van der Waals surface area contributed by atoms with E-state index in [1.54, 1.807) is 19.1 Å². The number of hydrogen-bond acceptors (Lipinski definition) is 3. The fourth-order valence-electron chi connectivity index (χ4n) is 2.07. The molecule has 0 fully saturated rings. The first-order chi connectivity index (χ1) is 12.4. The second-order valence-electron chi connectivity index (χ2n) is 5.52. The molecule has 0 aliphatic carbocycles. The van der Waals surface area contributed by atoms with Crippen LogP contribution >= 0.6 is 23.2 Å². The van der Waals surface area contributed by atoms with E-state index in [0.29, 0.717) is 5.02 Å². The molecule has 2 aromatic carbocycles. The summed E-state index contributed by atoms with van der Waals surface area (Å²) in [6, 6.07) is 10.1. The zero-order valence-corrected chi connectivity index (χ0v) is 15.4. The Balaban J connectivity index is 1.77. The smallest absolute Gasteiger partial charge is 0.253 e. The van der Waals surface area contributed by atoms with Gasteiger partial charge in [-0.3, -0.25) is 9.59 Å². The van der Waals surface area contributed by atoms with Crippen molar-refractivity contribution in [3.05, 3.63) is 63.9 Å². The van der Waals surface area contributed by atoms with E-state index in [9.17, 15) is 14.0 Å². The molecule has 2 rings (SSSR count). The third-order valence-electron chi connectivity index (χ3n) is 3.32. The van der Waals surface area contributed by atoms with Crippen LogP contribution < -0.4 is 15.4 Å². The van der Waals surface area contributed by atoms with Crippen LogP contribution in [0.5, 0.6) is 5.75 Å². The Hall–Kier alpha value is -2.31. The van der Waals surface area contributed by atoms with Gasteiger partial charge in [0.2, 0.25) is 5.91 Å². The lowest BCUT2D eigenvalue weighted by Crippen LogP contribution is -2.43. The van der Waals surface area contributed by atoms with Gasteiger partial charge in [0.1, 0.15) is 6.61 Å². The Morgan fingerprint density at radius 3 is 2.62 bits per heavy atom. The van der Waals surface area contributed by atoms with Gasteiger partial charge in [0.05, 0.1) is 23.2 Å². The molecule has 0 aliphatic heterocycles. The molecule has 138 valence electrons. The molecule has 0 bridgehead atoms. The molecule has 0 spiro atoms. The first kappa shape index (κ1) is 20.0. The lowest BCUT2D eigenvalue weighted by molar-refractivity contribution is -0.120. The molecule has 0 aromatic heterocycles. The van der Waals surface area contributed by atoms with E-state index in [-0.39, 0.29) is 35.5 Å². The normalized spacial score (nSPS) is 11.5. The summed E-state index contributed by atoms with van der Waals surface area (Å²) in [5, 5.41) is 5.72. The number of amides is 2. The summed E-state index contributed by atoms with van der Waals surface area (Å²) in [7, 11) is 0. The fourth-order valence-corrected chi connectivity index (χ4v) is 2.57. The minimum Gasteiger partial charge on any atom is -0.488 e. The number of rotatable bonds is 7. The number of hydrogen-bond donors (Lipinski definition) is 2. The van der Waals surface area contributed by atoms with Crippen LogP contribution in [-0.2, 0) is 4.79 Å². The van der Waals surface area contributed by atoms with E-state index < -0.39 is 17.6 Å². The Bertz CT molecular complexity index is 802. The van der Waals surface area contributed by atoms with Gasteiger partial charge in [0, 0.05) is 5.02 Å². The molecule has 1 unspecified atom stereocenters. The van der Waals surface area contributed by atoms with Gasteiger partial charge >= 0.3 is 0 Å². The van der Waals surface area contributed by atoms with Crippen molar-refractivity contribution in [1.29, 1.82) is 0 Å². The van der Waals surface area contributed by atoms with Gasteiger partial charge in [0.15, 0.2) is 11.6 Å². The van der Waals surface area contributed by atoms with Crippen molar-refractivity contribution >= 4 is 35.0 Å². The summed E-state index contributed by atoms with van der Waals surface area (Å²) in [5.74, 6) is -1.26. The summed E-state index contributed by atoms with van der Waals surface area (Å²) < 4.78 is 18.8. The third-order valence-corrected chi connectivity index (χ3v) is 3.87. The lowest BCUT2D eigenvalue weighted by Gasteiger charge is -2.15. The van der Waals surface area contributed by atoms with Gasteiger partial charge in [-0.1, -0.05) is 35.3 Å². The number of para-hydroxylation sites is 1. The average molecular weight is 399 g/mol. The van der Waals surface area contributed by atoms with Crippen LogP contribution in [0.2, 0.25) is 10.0 Å². The van der Waals surface area contributed by atoms with E-state index in [0.717, 1.165) is 0 Å². The predicted octanol–water partition coefficient (Wildman–Crippen LogP) is 3.45. The van der Waals surface area contributed by atoms with Crippen molar-refractivity contribution < 1.29 is 18.7 Å². The number of ether oxygens (including phenoxy) is 1. The second kappa shape index (κ2) is 9.40. The van der Waals surface area contributed by atoms with Crippen LogP contribution in [0.15, 0.2) is 42.5 Å². The highest BCUT2D eigenvalue weighted by atomic mass is 35.5. The quantitative estimate of drug-likeness (QED) is 0.750. The largest absolute Gasteiger partial charge is 0.488 e. The van der Waals surface area contributed by atoms with Crippen LogP contribution in [0.25, 0.3) is 0 Å². The van der Waals surface area contributed by atoms with Gasteiger partial charge in [-0.2, -0.15) is 0 Å². The average Bonchev–Trinajstić information content (AvgIpc) is 2.59. The maximum absolute atomic E-state index is 13.5. The van der Waals surface area contributed by atoms with Crippen LogP contribution in [0.3, 0.4) is 0 Å². The Kier molecular flexibility index (Phi) is 7.24. The monoisotopic (exact) mass is 398 g/mol. The van der Waals surface area contributed by atoms with Crippen molar-refractivity contribution in [3.63, 3.8) is 0 Å². The summed E-state index contributed by atoms with van der Waals surface area (Å²) in [6.45, 7) is 1.56. The highest BCUT2D eigenvalue weighted by molar-refractivity contribution is 6.36. The number of carbonyl (C=O) groups is 2. The highest BCUT2D eigenvalue weighted by Crippen LogP contribution is 2.20. The second-order valence-corrected chi connectivity index (χ2v) is 6.36. The Labute approximate surface area is 160 Å². The minimum absolute atomic E-state index is 0.0869. The van der Waals surface area contributed by atoms with Crippen LogP contribution in [0, 0.1) is 5.82 Å². The topological polar surface area (TPSA) is 67.4 Å². The number of benzene rings is 2. The molecule has 26 heavy (non-hydrogen) atoms. The summed E-state index contributed by atoms with van der Waals surface area (Å²) in [5.41, 5.74) is 0.222. The predicted molar refractivity (Wildman–Crippen MR) is 98.3 cm³/mol. The SMILES string of the molecule is CC(COc1ccccc1F)NC(=O)CNC(=O)c1ccc(Cl)cc1Cl. The standard InChI is InChI=1S/C18H17Cl2FN2O3/c1-11(10-26-16-5-3-2-4-15(16)21)23-17(24)9-22-18(25)13-7-6-12(19)8-14(13)20/h2-8,11H,9-10H2,1H3,(H,22,25)(H,23,24). The molecule has 2 N–H and O–H groups in total. The number of nitrogens with one attached hydrogen (secondary N) is 2. The molecule has 0 aliphatic rings. The molecule has 8 heteroatoms. The van der Waals surface area contributed by atoms with E-state index in [1.165, 1.54) is 30.3 Å². The highest BCUT2D eigenvalue weighted by Gasteiger charge is 2.14. The number of carbonyl (C=O) groups excluding carboxylic acids is 2. The zero-order valence-electron chi connectivity index (χ0n) is 13.9. The van der Waals surface area contributed by atoms with Gasteiger partial charge < -0.3 is 15.4 Å².